The molecular weight excluding hydrogens is 266 g/mol. The number of hydrogen-bond donors (Lipinski definition) is 3. The molecule has 1 aliphatic carbocycles. The van der Waals surface area contributed by atoms with Gasteiger partial charge >= 0.3 is 5.97 Å². The van der Waals surface area contributed by atoms with Crippen molar-refractivity contribution < 1.29 is 9.90 Å². The number of hydrogen-bond acceptors (Lipinski definition) is 2. The Kier molecular flexibility index (Phi) is 2.60. The first-order valence-electron chi connectivity index (χ1n) is 7.14. The fourth-order valence-electron chi connectivity index (χ4n) is 3.19. The molecule has 0 saturated heterocycles. The van der Waals surface area contributed by atoms with Crippen LogP contribution < -0.4 is 0 Å². The highest BCUT2D eigenvalue weighted by Crippen LogP contribution is 2.35. The Morgan fingerprint density at radius 1 is 1.19 bits per heavy atom. The number of carbonyl (C=O) groups is 1. The largest absolute Gasteiger partial charge is 0.478 e. The second-order valence-electron chi connectivity index (χ2n) is 5.52. The molecule has 4 rings (SSSR count). The maximum absolute atomic E-state index is 11.2. The van der Waals surface area contributed by atoms with Crippen LogP contribution >= 0.6 is 0 Å². The summed E-state index contributed by atoms with van der Waals surface area (Å²) in [5.74, 6) is -0.889. The predicted octanol–water partition coefficient (Wildman–Crippen LogP) is 3.14. The van der Waals surface area contributed by atoms with E-state index in [1.165, 1.54) is 11.1 Å². The average molecular weight is 281 g/mol. The van der Waals surface area contributed by atoms with Gasteiger partial charge in [-0.05, 0) is 55.0 Å². The first-order valence-corrected chi connectivity index (χ1v) is 7.14. The number of aryl methyl sites for hydroxylation is 2. The van der Waals surface area contributed by atoms with Crippen molar-refractivity contribution in [3.8, 4) is 11.4 Å². The topological polar surface area (TPSA) is 81.8 Å². The summed E-state index contributed by atoms with van der Waals surface area (Å²) in [4.78, 5) is 14.6. The van der Waals surface area contributed by atoms with E-state index in [2.05, 4.69) is 15.2 Å². The molecule has 0 aliphatic heterocycles. The minimum Gasteiger partial charge on any atom is -0.478 e. The molecule has 1 aliphatic rings. The summed E-state index contributed by atoms with van der Waals surface area (Å²) in [6.45, 7) is 0. The van der Waals surface area contributed by atoms with Gasteiger partial charge < -0.3 is 10.1 Å². The number of carboxylic acid groups (broad SMARTS) is 1. The zero-order chi connectivity index (χ0) is 14.4. The highest BCUT2D eigenvalue weighted by molar-refractivity contribution is 5.97. The van der Waals surface area contributed by atoms with Gasteiger partial charge in [0, 0.05) is 10.9 Å². The lowest BCUT2D eigenvalue weighted by molar-refractivity contribution is 0.0697. The zero-order valence-corrected chi connectivity index (χ0v) is 11.4. The van der Waals surface area contributed by atoms with Gasteiger partial charge in [-0.25, -0.2) is 4.79 Å². The predicted molar refractivity (Wildman–Crippen MR) is 79.5 cm³/mol. The lowest BCUT2D eigenvalue weighted by atomic mass is 9.95. The molecule has 2 aromatic heterocycles. The molecule has 0 spiro atoms. The van der Waals surface area contributed by atoms with E-state index in [9.17, 15) is 9.90 Å². The van der Waals surface area contributed by atoms with Crippen molar-refractivity contribution in [1.82, 2.24) is 15.2 Å². The first kappa shape index (κ1) is 12.2. The summed E-state index contributed by atoms with van der Waals surface area (Å²) in [5.41, 5.74) is 5.82. The van der Waals surface area contributed by atoms with E-state index in [0.717, 1.165) is 48.0 Å². The molecule has 1 aromatic carbocycles. The van der Waals surface area contributed by atoms with Crippen molar-refractivity contribution in [2.75, 3.05) is 0 Å². The minimum atomic E-state index is -0.889. The van der Waals surface area contributed by atoms with Crippen LogP contribution in [0.25, 0.3) is 22.3 Å². The third kappa shape index (κ3) is 1.85. The number of fused-ring (bicyclic) bond motifs is 5. The van der Waals surface area contributed by atoms with Crippen LogP contribution in [-0.2, 0) is 12.8 Å². The SMILES string of the molecule is O=C(O)c1ccc2[nH]c3c(c2c1)CCCCc1cn[nH]c1-3. The van der Waals surface area contributed by atoms with Crippen LogP contribution in [-0.4, -0.2) is 26.3 Å². The molecule has 0 amide bonds. The van der Waals surface area contributed by atoms with E-state index in [1.807, 2.05) is 12.3 Å². The summed E-state index contributed by atoms with van der Waals surface area (Å²) < 4.78 is 0. The van der Waals surface area contributed by atoms with E-state index < -0.39 is 5.97 Å². The van der Waals surface area contributed by atoms with Crippen molar-refractivity contribution >= 4 is 16.9 Å². The second-order valence-corrected chi connectivity index (χ2v) is 5.52. The minimum absolute atomic E-state index is 0.330. The van der Waals surface area contributed by atoms with Crippen molar-refractivity contribution in [3.63, 3.8) is 0 Å². The molecule has 2 heterocycles. The van der Waals surface area contributed by atoms with Gasteiger partial charge in [0.05, 0.1) is 23.1 Å². The lowest BCUT2D eigenvalue weighted by Gasteiger charge is -2.10. The van der Waals surface area contributed by atoms with Gasteiger partial charge in [-0.2, -0.15) is 5.10 Å². The molecule has 3 N–H and O–H groups in total. The van der Waals surface area contributed by atoms with Gasteiger partial charge in [0.25, 0.3) is 0 Å². The van der Waals surface area contributed by atoms with E-state index in [1.54, 1.807) is 12.1 Å². The molecule has 106 valence electrons. The number of rotatable bonds is 1. The zero-order valence-electron chi connectivity index (χ0n) is 11.4. The van der Waals surface area contributed by atoms with Crippen LogP contribution in [0.3, 0.4) is 0 Å². The maximum atomic E-state index is 11.2. The highest BCUT2D eigenvalue weighted by Gasteiger charge is 2.20. The number of aromatic nitrogens is 3. The molecule has 0 fully saturated rings. The van der Waals surface area contributed by atoms with Gasteiger partial charge in [-0.1, -0.05) is 0 Å². The number of aromatic amines is 2. The fraction of sp³-hybridized carbons (Fsp3) is 0.250. The highest BCUT2D eigenvalue weighted by atomic mass is 16.4. The van der Waals surface area contributed by atoms with Crippen LogP contribution in [0.1, 0.15) is 34.3 Å². The number of carboxylic acids is 1. The summed E-state index contributed by atoms with van der Waals surface area (Å²) in [6.07, 6.45) is 6.09. The van der Waals surface area contributed by atoms with E-state index in [0.29, 0.717) is 5.56 Å². The number of benzene rings is 1. The monoisotopic (exact) mass is 281 g/mol. The fourth-order valence-corrected chi connectivity index (χ4v) is 3.19. The first-order chi connectivity index (χ1) is 10.2. The van der Waals surface area contributed by atoms with Gasteiger partial charge in [0.1, 0.15) is 0 Å². The van der Waals surface area contributed by atoms with E-state index >= 15 is 0 Å². The normalized spacial score (nSPS) is 14.3. The van der Waals surface area contributed by atoms with Crippen LogP contribution in [0, 0.1) is 0 Å². The quantitative estimate of drug-likeness (QED) is 0.641. The van der Waals surface area contributed by atoms with Crippen LogP contribution in [0.2, 0.25) is 0 Å². The summed E-state index contributed by atoms with van der Waals surface area (Å²) in [5, 5.41) is 17.4. The van der Waals surface area contributed by atoms with Gasteiger partial charge in [-0.3, -0.25) is 5.10 Å². The Hall–Kier alpha value is -2.56. The molecule has 0 saturated carbocycles. The third-order valence-corrected chi connectivity index (χ3v) is 4.24. The average Bonchev–Trinajstić information content (AvgIpc) is 3.04. The van der Waals surface area contributed by atoms with E-state index in [4.69, 9.17) is 0 Å². The maximum Gasteiger partial charge on any atom is 0.335 e. The molecule has 0 bridgehead atoms. The lowest BCUT2D eigenvalue weighted by Crippen LogP contribution is -1.98. The van der Waals surface area contributed by atoms with Gasteiger partial charge in [0.15, 0.2) is 0 Å². The van der Waals surface area contributed by atoms with Crippen LogP contribution in [0.4, 0.5) is 0 Å². The molecule has 0 radical (unpaired) electrons. The summed E-state index contributed by atoms with van der Waals surface area (Å²) in [7, 11) is 0. The Labute approximate surface area is 121 Å². The number of aromatic carboxylic acids is 1. The Balaban J connectivity index is 2.00. The molecular formula is C16H15N3O2. The number of nitrogens with one attached hydrogen (secondary N) is 2. The summed E-state index contributed by atoms with van der Waals surface area (Å²) >= 11 is 0. The second kappa shape index (κ2) is 4.48. The number of H-pyrrole nitrogens is 2. The molecule has 5 heteroatoms. The third-order valence-electron chi connectivity index (χ3n) is 4.24. The van der Waals surface area contributed by atoms with Crippen molar-refractivity contribution in [3.05, 3.63) is 41.1 Å². The van der Waals surface area contributed by atoms with Crippen molar-refractivity contribution in [2.24, 2.45) is 0 Å². The molecule has 21 heavy (non-hydrogen) atoms. The molecule has 0 atom stereocenters. The van der Waals surface area contributed by atoms with Crippen molar-refractivity contribution in [1.29, 1.82) is 0 Å². The van der Waals surface area contributed by atoms with Crippen LogP contribution in [0.5, 0.6) is 0 Å². The standard InChI is InChI=1S/C16H15N3O2/c20-16(21)9-5-6-13-12(7-9)11-4-2-1-3-10-8-17-19-14(10)15(11)18-13/h5-8,18H,1-4H2,(H,17,19)(H,20,21). The molecule has 0 unspecified atom stereocenters. The summed E-state index contributed by atoms with van der Waals surface area (Å²) in [6, 6.07) is 5.26. The van der Waals surface area contributed by atoms with Crippen LogP contribution in [0.15, 0.2) is 24.4 Å². The van der Waals surface area contributed by atoms with Gasteiger partial charge in [-0.15, -0.1) is 0 Å². The smallest absolute Gasteiger partial charge is 0.335 e. The van der Waals surface area contributed by atoms with Gasteiger partial charge in [0.2, 0.25) is 0 Å². The Morgan fingerprint density at radius 3 is 2.90 bits per heavy atom. The molecule has 5 nitrogen and oxygen atoms in total. The Morgan fingerprint density at radius 2 is 2.05 bits per heavy atom. The van der Waals surface area contributed by atoms with E-state index in [-0.39, 0.29) is 0 Å². The van der Waals surface area contributed by atoms with Crippen molar-refractivity contribution in [2.45, 2.75) is 25.7 Å². The Bertz CT molecular complexity index is 844. The number of nitrogens with zero attached hydrogens (tertiary/aromatic N) is 1. The molecule has 3 aromatic rings.